The van der Waals surface area contributed by atoms with Gasteiger partial charge in [-0.1, -0.05) is 5.21 Å². The van der Waals surface area contributed by atoms with Gasteiger partial charge in [-0.05, 0) is 28.8 Å². The van der Waals surface area contributed by atoms with E-state index in [4.69, 9.17) is 0 Å². The van der Waals surface area contributed by atoms with E-state index in [0.29, 0.717) is 19.4 Å². The van der Waals surface area contributed by atoms with E-state index in [1.807, 2.05) is 0 Å². The van der Waals surface area contributed by atoms with Gasteiger partial charge in [0.15, 0.2) is 4.60 Å². The van der Waals surface area contributed by atoms with Crippen LogP contribution in [0, 0.1) is 0 Å². The van der Waals surface area contributed by atoms with E-state index in [-0.39, 0.29) is 22.1 Å². The molecule has 1 aromatic heterocycles. The maximum atomic E-state index is 12.1. The van der Waals surface area contributed by atoms with E-state index in [2.05, 4.69) is 31.0 Å². The summed E-state index contributed by atoms with van der Waals surface area (Å²) in [6.45, 7) is 1.61. The molecular weight excluding hydrogens is 350 g/mol. The van der Waals surface area contributed by atoms with Gasteiger partial charge in [0.25, 0.3) is 10.0 Å². The smallest absolute Gasteiger partial charge is 0.260 e. The molecule has 0 spiro atoms. The van der Waals surface area contributed by atoms with Crippen molar-refractivity contribution in [1.29, 1.82) is 0 Å². The van der Waals surface area contributed by atoms with Crippen LogP contribution in [0.25, 0.3) is 0 Å². The van der Waals surface area contributed by atoms with Crippen molar-refractivity contribution < 1.29 is 13.2 Å². The molecule has 0 aromatic carbocycles. The van der Waals surface area contributed by atoms with E-state index in [0.717, 1.165) is 13.0 Å². The van der Waals surface area contributed by atoms with Crippen LogP contribution >= 0.6 is 15.9 Å². The Bertz CT molecular complexity index is 581. The van der Waals surface area contributed by atoms with Crippen LogP contribution in [0.2, 0.25) is 0 Å². The second-order valence-corrected chi connectivity index (χ2v) is 6.98. The van der Waals surface area contributed by atoms with Crippen molar-refractivity contribution in [3.05, 3.63) is 4.60 Å². The molecule has 0 saturated carbocycles. The molecule has 1 aliphatic rings. The Hall–Kier alpha value is -1.00. The summed E-state index contributed by atoms with van der Waals surface area (Å²) in [4.78, 5) is 13.2. The molecule has 0 bridgehead atoms. The van der Waals surface area contributed by atoms with Gasteiger partial charge < -0.3 is 4.90 Å². The number of aromatic nitrogens is 3. The molecule has 1 amide bonds. The summed E-state index contributed by atoms with van der Waals surface area (Å²) in [5, 5.41) is 7.27. The molecule has 1 aliphatic heterocycles. The number of amides is 1. The van der Waals surface area contributed by atoms with Crippen molar-refractivity contribution >= 4 is 31.9 Å². The fourth-order valence-corrected chi connectivity index (χ4v) is 4.26. The maximum Gasteiger partial charge on any atom is 0.260 e. The first-order valence-corrected chi connectivity index (χ1v) is 8.52. The molecule has 2 heterocycles. The first-order chi connectivity index (χ1) is 9.42. The van der Waals surface area contributed by atoms with E-state index in [1.54, 1.807) is 4.90 Å². The minimum Gasteiger partial charge on any atom is -0.343 e. The zero-order chi connectivity index (χ0) is 14.8. The molecule has 0 aliphatic carbocycles. The topological polar surface area (TPSA) is 97.2 Å². The number of nitrogens with zero attached hydrogens (tertiary/aromatic N) is 4. The van der Waals surface area contributed by atoms with Crippen molar-refractivity contribution in [2.24, 2.45) is 7.05 Å². The van der Waals surface area contributed by atoms with Gasteiger partial charge in [0, 0.05) is 33.1 Å². The van der Waals surface area contributed by atoms with Crippen LogP contribution < -0.4 is 4.72 Å². The van der Waals surface area contributed by atoms with Crippen molar-refractivity contribution in [3.8, 4) is 0 Å². The molecule has 1 saturated heterocycles. The van der Waals surface area contributed by atoms with Gasteiger partial charge in [-0.15, -0.1) is 5.10 Å². The highest BCUT2D eigenvalue weighted by molar-refractivity contribution is 9.10. The third-order valence-electron chi connectivity index (χ3n) is 3.06. The first kappa shape index (κ1) is 15.4. The molecule has 0 radical (unpaired) electrons. The number of carbonyl (C=O) groups excluding carboxylic acids is 1. The quantitative estimate of drug-likeness (QED) is 0.708. The van der Waals surface area contributed by atoms with Crippen LogP contribution in [0.1, 0.15) is 19.3 Å². The lowest BCUT2D eigenvalue weighted by Gasteiger charge is -2.15. The van der Waals surface area contributed by atoms with Gasteiger partial charge in [-0.25, -0.2) is 17.8 Å². The van der Waals surface area contributed by atoms with Gasteiger partial charge in [-0.2, -0.15) is 0 Å². The van der Waals surface area contributed by atoms with Gasteiger partial charge >= 0.3 is 0 Å². The van der Waals surface area contributed by atoms with Gasteiger partial charge in [0.2, 0.25) is 10.9 Å². The predicted molar refractivity (Wildman–Crippen MR) is 74.3 cm³/mol. The Morgan fingerprint density at radius 3 is 2.75 bits per heavy atom. The Kier molecular flexibility index (Phi) is 4.76. The molecular formula is C10H16BrN5O3S. The molecule has 10 heteroatoms. The minimum atomic E-state index is -3.65. The molecule has 8 nitrogen and oxygen atoms in total. The number of rotatable bonds is 6. The Balaban J connectivity index is 1.86. The number of hydrogen-bond donors (Lipinski definition) is 1. The number of nitrogens with one attached hydrogen (secondary N) is 1. The maximum absolute atomic E-state index is 12.1. The van der Waals surface area contributed by atoms with Crippen molar-refractivity contribution in [3.63, 3.8) is 0 Å². The summed E-state index contributed by atoms with van der Waals surface area (Å²) in [7, 11) is -2.14. The highest BCUT2D eigenvalue weighted by atomic mass is 79.9. The Morgan fingerprint density at radius 2 is 2.20 bits per heavy atom. The van der Waals surface area contributed by atoms with Crippen LogP contribution in [-0.2, 0) is 21.9 Å². The van der Waals surface area contributed by atoms with Crippen LogP contribution in [0.3, 0.4) is 0 Å². The minimum absolute atomic E-state index is 0.00486. The lowest BCUT2D eigenvalue weighted by molar-refractivity contribution is -0.127. The van der Waals surface area contributed by atoms with E-state index >= 15 is 0 Å². The Labute approximate surface area is 125 Å². The number of carbonyl (C=O) groups is 1. The average molecular weight is 366 g/mol. The number of sulfonamides is 1. The molecule has 112 valence electrons. The average Bonchev–Trinajstić information content (AvgIpc) is 2.92. The molecule has 2 rings (SSSR count). The molecule has 1 fully saturated rings. The zero-order valence-corrected chi connectivity index (χ0v) is 13.4. The summed E-state index contributed by atoms with van der Waals surface area (Å²) >= 11 is 3.06. The second-order valence-electron chi connectivity index (χ2n) is 4.54. The van der Waals surface area contributed by atoms with E-state index < -0.39 is 10.0 Å². The second kappa shape index (κ2) is 6.19. The Morgan fingerprint density at radius 1 is 1.45 bits per heavy atom. The molecule has 1 N–H and O–H groups in total. The predicted octanol–water partition coefficient (Wildman–Crippen LogP) is -0.132. The number of hydrogen-bond acceptors (Lipinski definition) is 5. The molecule has 20 heavy (non-hydrogen) atoms. The van der Waals surface area contributed by atoms with Crippen molar-refractivity contribution in [2.45, 2.75) is 24.3 Å². The van der Waals surface area contributed by atoms with Crippen LogP contribution in [0.5, 0.6) is 0 Å². The third-order valence-corrected chi connectivity index (χ3v) is 5.41. The lowest BCUT2D eigenvalue weighted by Crippen LogP contribution is -2.31. The first-order valence-electron chi connectivity index (χ1n) is 6.24. The van der Waals surface area contributed by atoms with Gasteiger partial charge in [0.05, 0.1) is 0 Å². The van der Waals surface area contributed by atoms with Gasteiger partial charge in [0.1, 0.15) is 0 Å². The molecule has 0 atom stereocenters. The highest BCUT2D eigenvalue weighted by Gasteiger charge is 2.24. The fourth-order valence-electron chi connectivity index (χ4n) is 2.09. The van der Waals surface area contributed by atoms with E-state index in [1.165, 1.54) is 11.7 Å². The number of likely N-dealkylation sites (tertiary alicyclic amines) is 1. The van der Waals surface area contributed by atoms with Gasteiger partial charge in [-0.3, -0.25) is 4.79 Å². The van der Waals surface area contributed by atoms with Crippen molar-refractivity contribution in [2.75, 3.05) is 19.6 Å². The summed E-state index contributed by atoms with van der Waals surface area (Å²) < 4.78 is 28.0. The lowest BCUT2D eigenvalue weighted by atomic mass is 10.4. The van der Waals surface area contributed by atoms with Crippen molar-refractivity contribution in [1.82, 2.24) is 24.6 Å². The third kappa shape index (κ3) is 3.36. The van der Waals surface area contributed by atoms with Crippen LogP contribution in [0.15, 0.2) is 9.63 Å². The number of halogens is 1. The summed E-state index contributed by atoms with van der Waals surface area (Å²) in [5.41, 5.74) is 0. The van der Waals surface area contributed by atoms with Crippen LogP contribution in [0.4, 0.5) is 0 Å². The normalized spacial score (nSPS) is 16.1. The monoisotopic (exact) mass is 365 g/mol. The molecule has 0 unspecified atom stereocenters. The summed E-state index contributed by atoms with van der Waals surface area (Å²) in [6.07, 6.45) is 2.06. The van der Waals surface area contributed by atoms with E-state index in [9.17, 15) is 13.2 Å². The highest BCUT2D eigenvalue weighted by Crippen LogP contribution is 2.17. The number of aryl methyl sites for hydroxylation is 1. The SMILES string of the molecule is Cn1nnc(Br)c1S(=O)(=O)NCCCN1CCCC1=O. The van der Waals surface area contributed by atoms with Crippen LogP contribution in [-0.4, -0.2) is 53.9 Å². The zero-order valence-electron chi connectivity index (χ0n) is 11.0. The standard InChI is InChI=1S/C10H16BrN5O3S/c1-15-10(9(11)13-14-15)20(18,19)12-5-3-7-16-6-2-4-8(16)17/h12H,2-7H2,1H3. The summed E-state index contributed by atoms with van der Waals surface area (Å²) in [6, 6.07) is 0. The molecule has 1 aromatic rings. The largest absolute Gasteiger partial charge is 0.343 e. The fraction of sp³-hybridized carbons (Fsp3) is 0.700. The summed E-state index contributed by atoms with van der Waals surface area (Å²) in [5.74, 6) is 0.145.